The number of halogens is 2. The highest BCUT2D eigenvalue weighted by atomic mass is 32.2. The van der Waals surface area contributed by atoms with Gasteiger partial charge < -0.3 is 10.2 Å². The van der Waals surface area contributed by atoms with Crippen molar-refractivity contribution in [2.45, 2.75) is 19.4 Å². The first kappa shape index (κ1) is 19.2. The van der Waals surface area contributed by atoms with Gasteiger partial charge >= 0.3 is 0 Å². The number of sulfone groups is 1. The molecule has 0 bridgehead atoms. The maximum atomic E-state index is 13.6. The zero-order valence-electron chi connectivity index (χ0n) is 14.5. The van der Waals surface area contributed by atoms with Gasteiger partial charge in [-0.15, -0.1) is 0 Å². The van der Waals surface area contributed by atoms with Crippen molar-refractivity contribution in [2.75, 3.05) is 28.3 Å². The second-order valence-corrected chi connectivity index (χ2v) is 8.42. The van der Waals surface area contributed by atoms with E-state index in [1.807, 2.05) is 6.92 Å². The van der Waals surface area contributed by atoms with Crippen LogP contribution in [0.25, 0.3) is 0 Å². The van der Waals surface area contributed by atoms with Crippen molar-refractivity contribution in [3.63, 3.8) is 0 Å². The lowest BCUT2D eigenvalue weighted by atomic mass is 10.2. The summed E-state index contributed by atoms with van der Waals surface area (Å²) in [5.41, 5.74) is -0.0607. The Kier molecular flexibility index (Phi) is 5.36. The Hall–Kier alpha value is -2.62. The Morgan fingerprint density at radius 2 is 2.00 bits per heavy atom. The number of carbonyl (C=O) groups excluding carboxylic acids is 1. The number of hydrogen-bond acceptors (Lipinski definition) is 6. The third-order valence-corrected chi connectivity index (χ3v) is 6.08. The van der Waals surface area contributed by atoms with E-state index in [0.717, 1.165) is 12.1 Å². The van der Waals surface area contributed by atoms with Crippen LogP contribution < -0.4 is 10.2 Å². The molecule has 1 fully saturated rings. The molecule has 1 aromatic heterocycles. The van der Waals surface area contributed by atoms with Gasteiger partial charge in [0.1, 0.15) is 11.6 Å². The predicted molar refractivity (Wildman–Crippen MR) is 96.4 cm³/mol. The summed E-state index contributed by atoms with van der Waals surface area (Å²) in [6.07, 6.45) is 3.07. The summed E-state index contributed by atoms with van der Waals surface area (Å²) >= 11 is 0. The van der Waals surface area contributed by atoms with E-state index in [-0.39, 0.29) is 28.8 Å². The molecule has 0 radical (unpaired) electrons. The first-order valence-electron chi connectivity index (χ1n) is 8.34. The third kappa shape index (κ3) is 4.38. The minimum absolute atomic E-state index is 0.0519. The molecule has 1 aliphatic rings. The van der Waals surface area contributed by atoms with Crippen LogP contribution in [0.4, 0.5) is 20.4 Å². The van der Waals surface area contributed by atoms with Crippen molar-refractivity contribution in [1.29, 1.82) is 0 Å². The number of amides is 1. The molecular weight excluding hydrogens is 378 g/mol. The molecular formula is C17H18F2N4O3S. The van der Waals surface area contributed by atoms with E-state index in [2.05, 4.69) is 15.3 Å². The van der Waals surface area contributed by atoms with E-state index >= 15 is 0 Å². The number of rotatable bonds is 5. The summed E-state index contributed by atoms with van der Waals surface area (Å²) in [6, 6.07) is 2.63. The zero-order chi connectivity index (χ0) is 19.6. The fourth-order valence-electron chi connectivity index (χ4n) is 2.96. The molecule has 10 heteroatoms. The molecule has 0 spiro atoms. The lowest BCUT2D eigenvalue weighted by Gasteiger charge is -2.26. The largest absolute Gasteiger partial charge is 0.337 e. The van der Waals surface area contributed by atoms with Gasteiger partial charge in [0.05, 0.1) is 22.8 Å². The van der Waals surface area contributed by atoms with E-state index in [4.69, 9.17) is 0 Å². The summed E-state index contributed by atoms with van der Waals surface area (Å²) in [6.45, 7) is 2.39. The van der Waals surface area contributed by atoms with Gasteiger partial charge in [-0.1, -0.05) is 0 Å². The molecule has 2 heterocycles. The average molecular weight is 396 g/mol. The monoisotopic (exact) mass is 396 g/mol. The van der Waals surface area contributed by atoms with Gasteiger partial charge in [0.2, 0.25) is 5.95 Å². The minimum atomic E-state index is -3.05. The van der Waals surface area contributed by atoms with Crippen molar-refractivity contribution in [3.05, 3.63) is 47.8 Å². The molecule has 1 unspecified atom stereocenters. The summed E-state index contributed by atoms with van der Waals surface area (Å²) in [5.74, 6) is -1.76. The lowest BCUT2D eigenvalue weighted by molar-refractivity contribution is 0.102. The van der Waals surface area contributed by atoms with Crippen LogP contribution in [-0.4, -0.2) is 48.4 Å². The van der Waals surface area contributed by atoms with E-state index in [1.165, 1.54) is 12.4 Å². The topological polar surface area (TPSA) is 92.3 Å². The van der Waals surface area contributed by atoms with Crippen LogP contribution in [0.5, 0.6) is 0 Å². The summed E-state index contributed by atoms with van der Waals surface area (Å²) in [5, 5.41) is 2.33. The fourth-order valence-corrected chi connectivity index (χ4v) is 4.69. The number of benzene rings is 1. The molecule has 1 amide bonds. The van der Waals surface area contributed by atoms with Crippen LogP contribution in [0.2, 0.25) is 0 Å². The van der Waals surface area contributed by atoms with Gasteiger partial charge in [-0.2, -0.15) is 0 Å². The van der Waals surface area contributed by atoms with Gasteiger partial charge in [-0.25, -0.2) is 27.2 Å². The van der Waals surface area contributed by atoms with Crippen LogP contribution in [0.1, 0.15) is 23.7 Å². The standard InChI is InChI=1S/C17H18F2N4O3S/c1-2-23(13-5-6-27(25,26)10-13)17-20-8-11(9-21-17)16(24)22-15-4-3-12(18)7-14(15)19/h3-4,7-9,13H,2,5-6,10H2,1H3,(H,22,24). The average Bonchev–Trinajstić information content (AvgIpc) is 2.98. The minimum Gasteiger partial charge on any atom is -0.337 e. The number of aromatic nitrogens is 2. The van der Waals surface area contributed by atoms with Gasteiger partial charge in [0, 0.05) is 31.0 Å². The van der Waals surface area contributed by atoms with Crippen molar-refractivity contribution in [3.8, 4) is 0 Å². The third-order valence-electron chi connectivity index (χ3n) is 4.33. The summed E-state index contributed by atoms with van der Waals surface area (Å²) in [7, 11) is -3.05. The maximum Gasteiger partial charge on any atom is 0.258 e. The van der Waals surface area contributed by atoms with Crippen LogP contribution in [0.15, 0.2) is 30.6 Å². The molecule has 1 N–H and O–H groups in total. The number of nitrogens with one attached hydrogen (secondary N) is 1. The second-order valence-electron chi connectivity index (χ2n) is 6.19. The molecule has 27 heavy (non-hydrogen) atoms. The normalized spacial score (nSPS) is 18.3. The Morgan fingerprint density at radius 3 is 2.56 bits per heavy atom. The first-order valence-corrected chi connectivity index (χ1v) is 10.2. The molecule has 0 saturated carbocycles. The van der Waals surface area contributed by atoms with Gasteiger partial charge in [-0.3, -0.25) is 4.79 Å². The van der Waals surface area contributed by atoms with Gasteiger partial charge in [-0.05, 0) is 25.5 Å². The molecule has 1 aliphatic heterocycles. The van der Waals surface area contributed by atoms with E-state index in [0.29, 0.717) is 25.0 Å². The summed E-state index contributed by atoms with van der Waals surface area (Å²) in [4.78, 5) is 22.3. The highest BCUT2D eigenvalue weighted by molar-refractivity contribution is 7.91. The molecule has 1 saturated heterocycles. The number of hydrogen-bond donors (Lipinski definition) is 1. The molecule has 3 rings (SSSR count). The van der Waals surface area contributed by atoms with Crippen LogP contribution in [0, 0.1) is 11.6 Å². The molecule has 2 aromatic rings. The molecule has 144 valence electrons. The maximum absolute atomic E-state index is 13.6. The van der Waals surface area contributed by atoms with Gasteiger partial charge in [0.25, 0.3) is 5.91 Å². The SMILES string of the molecule is CCN(c1ncc(C(=O)Nc2ccc(F)cc2F)cn1)C1CCS(=O)(=O)C1. The van der Waals surface area contributed by atoms with Crippen molar-refractivity contribution < 1.29 is 22.0 Å². The Balaban J connectivity index is 1.73. The van der Waals surface area contributed by atoms with E-state index in [9.17, 15) is 22.0 Å². The quantitative estimate of drug-likeness (QED) is 0.831. The smallest absolute Gasteiger partial charge is 0.258 e. The Morgan fingerprint density at radius 1 is 1.30 bits per heavy atom. The zero-order valence-corrected chi connectivity index (χ0v) is 15.3. The summed E-state index contributed by atoms with van der Waals surface area (Å²) < 4.78 is 49.9. The lowest BCUT2D eigenvalue weighted by Crippen LogP contribution is -2.37. The first-order chi connectivity index (χ1) is 12.8. The van der Waals surface area contributed by atoms with Crippen LogP contribution in [0.3, 0.4) is 0 Å². The molecule has 1 aromatic carbocycles. The fraction of sp³-hybridized carbons (Fsp3) is 0.353. The molecule has 1 atom stereocenters. The van der Waals surface area contributed by atoms with Crippen molar-refractivity contribution in [1.82, 2.24) is 9.97 Å². The molecule has 0 aliphatic carbocycles. The van der Waals surface area contributed by atoms with Crippen molar-refractivity contribution in [2.24, 2.45) is 0 Å². The number of anilines is 2. The second kappa shape index (κ2) is 7.55. The van der Waals surface area contributed by atoms with E-state index < -0.39 is 27.4 Å². The van der Waals surface area contributed by atoms with Crippen LogP contribution in [-0.2, 0) is 9.84 Å². The highest BCUT2D eigenvalue weighted by Gasteiger charge is 2.32. The molecule has 7 nitrogen and oxygen atoms in total. The van der Waals surface area contributed by atoms with Gasteiger partial charge in [0.15, 0.2) is 9.84 Å². The number of carbonyl (C=O) groups is 1. The van der Waals surface area contributed by atoms with Crippen molar-refractivity contribution >= 4 is 27.4 Å². The number of nitrogens with zero attached hydrogens (tertiary/aromatic N) is 3. The highest BCUT2D eigenvalue weighted by Crippen LogP contribution is 2.21. The van der Waals surface area contributed by atoms with Crippen LogP contribution >= 0.6 is 0 Å². The Bertz CT molecular complexity index is 951. The predicted octanol–water partition coefficient (Wildman–Crippen LogP) is 2.02. The van der Waals surface area contributed by atoms with E-state index in [1.54, 1.807) is 4.90 Å². The Labute approximate surface area is 155 Å².